The third kappa shape index (κ3) is 1.58. The molecule has 0 radical (unpaired) electrons. The monoisotopic (exact) mass is 366 g/mol. The van der Waals surface area contributed by atoms with E-state index in [9.17, 15) is 9.59 Å². The fourth-order valence-corrected chi connectivity index (χ4v) is 9.58. The summed E-state index contributed by atoms with van der Waals surface area (Å²) in [6.07, 6.45) is 10.9. The van der Waals surface area contributed by atoms with Crippen molar-refractivity contribution in [1.29, 1.82) is 0 Å². The molecule has 0 N–H and O–H groups in total. The van der Waals surface area contributed by atoms with Gasteiger partial charge in [-0.1, -0.05) is 19.4 Å². The molecule has 144 valence electrons. The zero-order chi connectivity index (χ0) is 18.3. The Hall–Kier alpha value is -1.12. The van der Waals surface area contributed by atoms with Crippen LogP contribution in [-0.2, 0) is 14.3 Å². The minimum Gasteiger partial charge on any atom is -0.458 e. The molecule has 6 aliphatic carbocycles. The molecule has 0 aromatic carbocycles. The second-order valence-electron chi connectivity index (χ2n) is 11.5. The van der Waals surface area contributed by atoms with Crippen molar-refractivity contribution < 1.29 is 14.3 Å². The van der Waals surface area contributed by atoms with Gasteiger partial charge in [0.15, 0.2) is 5.78 Å². The molecule has 7 aliphatic rings. The molecule has 0 aromatic heterocycles. The van der Waals surface area contributed by atoms with Crippen molar-refractivity contribution in [3.63, 3.8) is 0 Å². The van der Waals surface area contributed by atoms with Crippen LogP contribution in [0.15, 0.2) is 11.6 Å². The van der Waals surface area contributed by atoms with Crippen LogP contribution in [0.4, 0.5) is 0 Å². The van der Waals surface area contributed by atoms with Crippen molar-refractivity contribution in [3.8, 4) is 0 Å². The molecule has 0 amide bonds. The maximum atomic E-state index is 12.5. The number of allylic oxidation sites excluding steroid dienone is 1. The van der Waals surface area contributed by atoms with Gasteiger partial charge < -0.3 is 4.74 Å². The highest BCUT2D eigenvalue weighted by Gasteiger charge is 2.74. The van der Waals surface area contributed by atoms with Crippen LogP contribution in [0, 0.1) is 52.3 Å². The number of ketones is 1. The van der Waals surface area contributed by atoms with Gasteiger partial charge in [-0.3, -0.25) is 9.59 Å². The van der Waals surface area contributed by atoms with Crippen molar-refractivity contribution in [2.45, 2.75) is 70.8 Å². The summed E-state index contributed by atoms with van der Waals surface area (Å²) in [7, 11) is 0. The van der Waals surface area contributed by atoms with Gasteiger partial charge in [-0.25, -0.2) is 0 Å². The Morgan fingerprint density at radius 2 is 1.78 bits per heavy atom. The fraction of sp³-hybridized carbons (Fsp3) is 0.833. The smallest absolute Gasteiger partial charge is 0.306 e. The van der Waals surface area contributed by atoms with Crippen molar-refractivity contribution in [3.05, 3.63) is 11.6 Å². The van der Waals surface area contributed by atoms with Gasteiger partial charge in [0.1, 0.15) is 5.60 Å². The van der Waals surface area contributed by atoms with E-state index in [1.165, 1.54) is 25.7 Å². The summed E-state index contributed by atoms with van der Waals surface area (Å²) in [6, 6.07) is 0. The van der Waals surface area contributed by atoms with Gasteiger partial charge in [-0.15, -0.1) is 0 Å². The van der Waals surface area contributed by atoms with Crippen LogP contribution in [0.3, 0.4) is 0 Å². The maximum Gasteiger partial charge on any atom is 0.306 e. The van der Waals surface area contributed by atoms with E-state index in [1.807, 2.05) is 0 Å². The third-order valence-electron chi connectivity index (χ3n) is 11.0. The molecular formula is C24H30O3. The summed E-state index contributed by atoms with van der Waals surface area (Å²) < 4.78 is 6.09. The normalized spacial score (nSPS) is 62.0. The van der Waals surface area contributed by atoms with E-state index in [0.717, 1.165) is 37.0 Å². The van der Waals surface area contributed by atoms with E-state index in [2.05, 4.69) is 19.9 Å². The van der Waals surface area contributed by atoms with Gasteiger partial charge in [0.2, 0.25) is 0 Å². The summed E-state index contributed by atoms with van der Waals surface area (Å²) in [5, 5.41) is 0. The summed E-state index contributed by atoms with van der Waals surface area (Å²) in [6.45, 7) is 5.00. The molecule has 5 saturated carbocycles. The zero-order valence-electron chi connectivity index (χ0n) is 16.5. The quantitative estimate of drug-likeness (QED) is 0.600. The third-order valence-corrected chi connectivity index (χ3v) is 11.0. The topological polar surface area (TPSA) is 43.4 Å². The Balaban J connectivity index is 1.31. The minimum absolute atomic E-state index is 0.0377. The lowest BCUT2D eigenvalue weighted by atomic mass is 9.46. The van der Waals surface area contributed by atoms with Crippen LogP contribution in [-0.4, -0.2) is 17.4 Å². The molecule has 0 bridgehead atoms. The molecule has 27 heavy (non-hydrogen) atoms. The molecule has 7 rings (SSSR count). The number of hydrogen-bond donors (Lipinski definition) is 0. The molecule has 8 unspecified atom stereocenters. The summed E-state index contributed by atoms with van der Waals surface area (Å²) in [4.78, 5) is 24.5. The molecule has 3 heteroatoms. The second kappa shape index (κ2) is 4.39. The average Bonchev–Trinajstić information content (AvgIpc) is 3.53. The standard InChI is InChI=1S/C24H30O3/c1-22-6-3-16-21(15(22)4-7-24(22)8-5-20(26)27-24)13-9-12(13)18-11-19(25)14-10-17(14)23(16,18)2/h11-17,21H,3-10H2,1-2H3/t12-,13+,14?,15?,16?,17?,21?,22?,23?,24?/m1/s1. The summed E-state index contributed by atoms with van der Waals surface area (Å²) >= 11 is 0. The highest BCUT2D eigenvalue weighted by atomic mass is 16.6. The van der Waals surface area contributed by atoms with Gasteiger partial charge in [0.25, 0.3) is 0 Å². The Morgan fingerprint density at radius 3 is 2.56 bits per heavy atom. The predicted octanol–water partition coefficient (Wildman–Crippen LogP) is 4.31. The van der Waals surface area contributed by atoms with Gasteiger partial charge >= 0.3 is 5.97 Å². The molecular weight excluding hydrogens is 336 g/mol. The Bertz CT molecular complexity index is 827. The number of rotatable bonds is 0. The van der Waals surface area contributed by atoms with Crippen LogP contribution in [0.1, 0.15) is 65.2 Å². The van der Waals surface area contributed by atoms with E-state index in [1.54, 1.807) is 5.57 Å². The number of fused-ring (bicyclic) bond motifs is 11. The van der Waals surface area contributed by atoms with Crippen molar-refractivity contribution in [2.24, 2.45) is 52.3 Å². The van der Waals surface area contributed by atoms with E-state index < -0.39 is 0 Å². The first-order chi connectivity index (χ1) is 12.9. The molecule has 1 aliphatic heterocycles. The lowest BCUT2D eigenvalue weighted by Gasteiger charge is -2.59. The van der Waals surface area contributed by atoms with E-state index >= 15 is 0 Å². The molecule has 1 saturated heterocycles. The van der Waals surface area contributed by atoms with Gasteiger partial charge in [0, 0.05) is 17.8 Å². The van der Waals surface area contributed by atoms with Crippen LogP contribution < -0.4 is 0 Å². The lowest BCUT2D eigenvalue weighted by Crippen LogP contribution is -2.56. The van der Waals surface area contributed by atoms with E-state index in [-0.39, 0.29) is 22.4 Å². The second-order valence-corrected chi connectivity index (χ2v) is 11.5. The molecule has 10 atom stereocenters. The number of ether oxygens (including phenoxy) is 1. The van der Waals surface area contributed by atoms with Gasteiger partial charge in [0.05, 0.1) is 0 Å². The maximum absolute atomic E-state index is 12.5. The first kappa shape index (κ1) is 15.8. The molecule has 6 fully saturated rings. The minimum atomic E-state index is -0.161. The van der Waals surface area contributed by atoms with Crippen LogP contribution >= 0.6 is 0 Å². The molecule has 1 heterocycles. The molecule has 1 spiro atoms. The van der Waals surface area contributed by atoms with E-state index in [0.29, 0.717) is 35.9 Å². The predicted molar refractivity (Wildman–Crippen MR) is 99.5 cm³/mol. The number of hydrogen-bond acceptors (Lipinski definition) is 3. The Kier molecular flexibility index (Phi) is 2.56. The molecule has 3 nitrogen and oxygen atoms in total. The Labute approximate surface area is 161 Å². The first-order valence-electron chi connectivity index (χ1n) is 11.4. The zero-order valence-corrected chi connectivity index (χ0v) is 16.5. The summed E-state index contributed by atoms with van der Waals surface area (Å²) in [5.74, 6) is 5.19. The van der Waals surface area contributed by atoms with Gasteiger partial charge in [-0.05, 0) is 91.9 Å². The first-order valence-corrected chi connectivity index (χ1v) is 11.4. The van der Waals surface area contributed by atoms with Crippen molar-refractivity contribution in [1.82, 2.24) is 0 Å². The van der Waals surface area contributed by atoms with Gasteiger partial charge in [-0.2, -0.15) is 0 Å². The number of carbonyl (C=O) groups is 2. The molecule has 0 aromatic rings. The van der Waals surface area contributed by atoms with Crippen molar-refractivity contribution in [2.75, 3.05) is 0 Å². The van der Waals surface area contributed by atoms with Crippen LogP contribution in [0.5, 0.6) is 0 Å². The largest absolute Gasteiger partial charge is 0.458 e. The Morgan fingerprint density at radius 1 is 0.963 bits per heavy atom. The SMILES string of the molecule is CC12C(=CC(=O)C3CC31)[C@@H]1C[C@@H]1C1C2CCC2(C)C1CCC21CCC(=O)O1. The highest BCUT2D eigenvalue weighted by Crippen LogP contribution is 2.79. The highest BCUT2D eigenvalue weighted by molar-refractivity contribution is 5.96. The van der Waals surface area contributed by atoms with E-state index in [4.69, 9.17) is 4.74 Å². The van der Waals surface area contributed by atoms with Crippen molar-refractivity contribution >= 4 is 11.8 Å². The lowest BCUT2D eigenvalue weighted by molar-refractivity contribution is -0.169. The average molecular weight is 367 g/mol. The number of esters is 1. The van der Waals surface area contributed by atoms with Crippen LogP contribution in [0.2, 0.25) is 0 Å². The summed E-state index contributed by atoms with van der Waals surface area (Å²) in [5.41, 5.74) is 1.86. The van der Waals surface area contributed by atoms with Crippen LogP contribution in [0.25, 0.3) is 0 Å². The number of carbonyl (C=O) groups excluding carboxylic acids is 2. The fourth-order valence-electron chi connectivity index (χ4n) is 9.58.